The van der Waals surface area contributed by atoms with Crippen LogP contribution in [0.1, 0.15) is 39.3 Å². The zero-order valence-electron chi connectivity index (χ0n) is 18.6. The number of halogens is 6. The molecule has 0 aromatic heterocycles. The molecule has 0 aliphatic heterocycles. The third-order valence-electron chi connectivity index (χ3n) is 4.01. The van der Waals surface area contributed by atoms with Gasteiger partial charge in [0.2, 0.25) is 0 Å². The summed E-state index contributed by atoms with van der Waals surface area (Å²) in [4.78, 5) is 0. The maximum Gasteiger partial charge on any atom is 0.511 e. The Morgan fingerprint density at radius 2 is 1.32 bits per heavy atom. The number of hydrogen-bond donors (Lipinski definition) is 2. The van der Waals surface area contributed by atoms with Gasteiger partial charge in [-0.25, -0.2) is 21.6 Å². The third kappa shape index (κ3) is 10.4. The van der Waals surface area contributed by atoms with Crippen LogP contribution in [0.3, 0.4) is 0 Å². The quantitative estimate of drug-likeness (QED) is 0.358. The van der Waals surface area contributed by atoms with E-state index in [0.717, 1.165) is 23.8 Å². The summed E-state index contributed by atoms with van der Waals surface area (Å²) in [6, 6.07) is 2.42. The smallest absolute Gasteiger partial charge is 0.203 e. The van der Waals surface area contributed by atoms with Gasteiger partial charge in [0, 0.05) is 6.04 Å². The van der Waals surface area contributed by atoms with Gasteiger partial charge in [-0.3, -0.25) is 0 Å². The normalized spacial score (nSPS) is 15.8. The van der Waals surface area contributed by atoms with E-state index in [-0.39, 0.29) is 5.56 Å². The van der Waals surface area contributed by atoms with Gasteiger partial charge < -0.3 is 0 Å². The van der Waals surface area contributed by atoms with E-state index < -0.39 is 43.1 Å². The van der Waals surface area contributed by atoms with Crippen LogP contribution in [-0.2, 0) is 20.0 Å². The summed E-state index contributed by atoms with van der Waals surface area (Å²) in [5.41, 5.74) is -10.3. The van der Waals surface area contributed by atoms with Crippen molar-refractivity contribution in [2.24, 2.45) is 0 Å². The molecule has 0 saturated heterocycles. The molecule has 14 heteroatoms. The predicted octanol–water partition coefficient (Wildman–Crippen LogP) is 5.08. The van der Waals surface area contributed by atoms with E-state index in [9.17, 15) is 43.2 Å². The lowest BCUT2D eigenvalue weighted by atomic mass is 10.0. The maximum atomic E-state index is 12.5. The molecule has 1 rings (SSSR count). The van der Waals surface area contributed by atoms with Crippen LogP contribution in [0.15, 0.2) is 66.3 Å². The molecule has 0 saturated carbocycles. The van der Waals surface area contributed by atoms with Crippen LogP contribution in [0.25, 0.3) is 0 Å². The van der Waals surface area contributed by atoms with Crippen LogP contribution >= 0.6 is 0 Å². The summed E-state index contributed by atoms with van der Waals surface area (Å²) in [7, 11) is -11.9. The highest BCUT2D eigenvalue weighted by atomic mass is 32.2. The maximum absolute atomic E-state index is 12.5. The first-order valence-corrected chi connectivity index (χ1v) is 12.5. The number of benzene rings is 1. The second-order valence-corrected chi connectivity index (χ2v) is 10.1. The van der Waals surface area contributed by atoms with Crippen molar-refractivity contribution in [1.82, 2.24) is 9.44 Å². The van der Waals surface area contributed by atoms with Gasteiger partial charge in [0.15, 0.2) is 0 Å². The average Bonchev–Trinajstić information content (AvgIpc) is 2.71. The SMILES string of the molecule is CC(NS(=O)(=O)C(F)(F)F)[C@H](NS(=O)(=O)C(F)(F)F)c1ccccc1.C\C=C/C=C\C(C)=C/C. The molecule has 1 aromatic rings. The average molecular weight is 537 g/mol. The van der Waals surface area contributed by atoms with Gasteiger partial charge in [0.1, 0.15) is 0 Å². The van der Waals surface area contributed by atoms with Crippen molar-refractivity contribution in [1.29, 1.82) is 0 Å². The van der Waals surface area contributed by atoms with Crippen molar-refractivity contribution < 1.29 is 43.2 Å². The summed E-state index contributed by atoms with van der Waals surface area (Å²) in [6.07, 6.45) is 10.2. The topological polar surface area (TPSA) is 92.3 Å². The van der Waals surface area contributed by atoms with E-state index in [1.165, 1.54) is 28.5 Å². The summed E-state index contributed by atoms with van der Waals surface area (Å²) in [6.45, 7) is 6.92. The fraction of sp³-hybridized carbons (Fsp3) is 0.400. The first-order chi connectivity index (χ1) is 15.4. The molecular formula is C20H26F6N2O4S2. The Labute approximate surface area is 195 Å². The Morgan fingerprint density at radius 3 is 1.74 bits per heavy atom. The molecule has 2 N–H and O–H groups in total. The number of nitrogens with one attached hydrogen (secondary N) is 2. The largest absolute Gasteiger partial charge is 0.511 e. The molecule has 0 radical (unpaired) electrons. The molecule has 1 unspecified atom stereocenters. The Morgan fingerprint density at radius 1 is 0.853 bits per heavy atom. The van der Waals surface area contributed by atoms with Gasteiger partial charge >= 0.3 is 31.1 Å². The molecule has 1 aromatic carbocycles. The molecule has 6 nitrogen and oxygen atoms in total. The van der Waals surface area contributed by atoms with E-state index in [1.807, 2.05) is 32.1 Å². The van der Waals surface area contributed by atoms with Gasteiger partial charge in [-0.2, -0.15) is 31.1 Å². The summed E-state index contributed by atoms with van der Waals surface area (Å²) < 4.78 is 122. The number of sulfonamides is 2. The van der Waals surface area contributed by atoms with Gasteiger partial charge in [-0.1, -0.05) is 66.3 Å². The van der Waals surface area contributed by atoms with Gasteiger partial charge in [0.05, 0.1) is 6.04 Å². The van der Waals surface area contributed by atoms with Crippen LogP contribution in [0.5, 0.6) is 0 Å². The molecule has 0 bridgehead atoms. The van der Waals surface area contributed by atoms with Crippen LogP contribution in [0.4, 0.5) is 26.3 Å². The van der Waals surface area contributed by atoms with Gasteiger partial charge in [-0.15, -0.1) is 0 Å². The van der Waals surface area contributed by atoms with Crippen molar-refractivity contribution >= 4 is 20.0 Å². The minimum absolute atomic E-state index is 0.173. The van der Waals surface area contributed by atoms with Crippen molar-refractivity contribution in [3.8, 4) is 0 Å². The highest BCUT2D eigenvalue weighted by Gasteiger charge is 2.50. The summed E-state index contributed by atoms with van der Waals surface area (Å²) >= 11 is 0. The number of allylic oxidation sites excluding steroid dienone is 6. The van der Waals surface area contributed by atoms with Crippen LogP contribution in [0, 0.1) is 0 Å². The first kappa shape index (κ1) is 31.8. The minimum atomic E-state index is -5.95. The Balaban J connectivity index is 0.00000102. The van der Waals surface area contributed by atoms with Crippen LogP contribution < -0.4 is 9.44 Å². The minimum Gasteiger partial charge on any atom is -0.203 e. The van der Waals surface area contributed by atoms with Crippen LogP contribution in [0.2, 0.25) is 0 Å². The first-order valence-electron chi connectivity index (χ1n) is 9.54. The highest BCUT2D eigenvalue weighted by molar-refractivity contribution is 7.90. The van der Waals surface area contributed by atoms with E-state index in [1.54, 1.807) is 0 Å². The van der Waals surface area contributed by atoms with Gasteiger partial charge in [0.25, 0.3) is 0 Å². The van der Waals surface area contributed by atoms with E-state index in [2.05, 4.69) is 19.1 Å². The molecule has 34 heavy (non-hydrogen) atoms. The molecule has 194 valence electrons. The Kier molecular flexibility index (Phi) is 12.2. The second kappa shape index (κ2) is 13.1. The lowest BCUT2D eigenvalue weighted by Crippen LogP contribution is -2.50. The van der Waals surface area contributed by atoms with Crippen molar-refractivity contribution in [2.45, 2.75) is 50.8 Å². The van der Waals surface area contributed by atoms with E-state index in [4.69, 9.17) is 0 Å². The molecule has 0 aliphatic rings. The standard InChI is InChI=1S/C11H12F6N2O4S2.C9H14/c1-7(18-24(20,21)10(12,13)14)9(8-5-3-2-4-6-8)19-25(22,23)11(15,16)17;1-4-6-7-8-9(3)5-2/h2-7,9,18-19H,1H3;4-8H,1-3H3/b;6-4-,8-7-,9-5-/t7?,9-;/m0./s1. The summed E-state index contributed by atoms with van der Waals surface area (Å²) in [5.74, 6) is 0. The molecule has 0 heterocycles. The second-order valence-electron chi connectivity index (χ2n) is 6.73. The zero-order chi connectivity index (χ0) is 26.8. The lowest BCUT2D eigenvalue weighted by molar-refractivity contribution is -0.0464. The third-order valence-corrected chi connectivity index (χ3v) is 6.47. The Bertz CT molecular complexity index is 1060. The molecular weight excluding hydrogens is 510 g/mol. The van der Waals surface area contributed by atoms with Crippen LogP contribution in [-0.4, -0.2) is 33.9 Å². The zero-order valence-corrected chi connectivity index (χ0v) is 20.3. The van der Waals surface area contributed by atoms with Crippen molar-refractivity contribution in [2.75, 3.05) is 0 Å². The Hall–Kier alpha value is -2.16. The highest BCUT2D eigenvalue weighted by Crippen LogP contribution is 2.28. The molecule has 0 amide bonds. The number of alkyl halides is 6. The molecule has 0 spiro atoms. The van der Waals surface area contributed by atoms with Gasteiger partial charge in [-0.05, 0) is 33.3 Å². The monoisotopic (exact) mass is 536 g/mol. The summed E-state index contributed by atoms with van der Waals surface area (Å²) in [5, 5.41) is 0. The fourth-order valence-corrected chi connectivity index (χ4v) is 3.71. The number of rotatable bonds is 8. The van der Waals surface area contributed by atoms with Crippen molar-refractivity contribution in [3.05, 3.63) is 71.8 Å². The fourth-order valence-electron chi connectivity index (χ4n) is 2.15. The number of hydrogen-bond acceptors (Lipinski definition) is 4. The predicted molar refractivity (Wildman–Crippen MR) is 118 cm³/mol. The molecule has 0 fully saturated rings. The lowest BCUT2D eigenvalue weighted by Gasteiger charge is -2.26. The molecule has 2 atom stereocenters. The van der Waals surface area contributed by atoms with E-state index >= 15 is 0 Å². The van der Waals surface area contributed by atoms with Crippen molar-refractivity contribution in [3.63, 3.8) is 0 Å². The molecule has 0 aliphatic carbocycles. The van der Waals surface area contributed by atoms with E-state index in [0.29, 0.717) is 0 Å².